The van der Waals surface area contributed by atoms with E-state index in [9.17, 15) is 14.4 Å². The maximum Gasteiger partial charge on any atom is 0.269 e. The van der Waals surface area contributed by atoms with Crippen molar-refractivity contribution in [1.82, 2.24) is 14.4 Å². The molecule has 0 saturated carbocycles. The third kappa shape index (κ3) is 4.52. The highest BCUT2D eigenvalue weighted by Gasteiger charge is 2.18. The van der Waals surface area contributed by atoms with Crippen molar-refractivity contribution in [3.05, 3.63) is 111 Å². The van der Waals surface area contributed by atoms with Gasteiger partial charge in [0.05, 0.1) is 34.1 Å². The summed E-state index contributed by atoms with van der Waals surface area (Å²) in [5.41, 5.74) is 4.31. The standard InChI is InChI=1S/C30H19Cl2N3O4/c1-3-24-23(16-37)30(38)35-13-12-17(14-26(35)33-24)19-6-4-7-20(27(19)31)21-8-5-9-22(28(21)32)25-11-10-18(15-36)29(34-25)39-2/h3-16H,1H2,2H3. The van der Waals surface area contributed by atoms with Gasteiger partial charge in [-0.2, -0.15) is 0 Å². The van der Waals surface area contributed by atoms with Crippen molar-refractivity contribution < 1.29 is 14.3 Å². The number of rotatable bonds is 7. The molecule has 3 aromatic heterocycles. The SMILES string of the molecule is C=Cc1nc2cc(-c3cccc(-c4cccc(-c5ccc(C=O)c(OC)n5)c4Cl)c3Cl)ccn2c(=O)c1C=O. The Morgan fingerprint density at radius 1 is 0.872 bits per heavy atom. The van der Waals surface area contributed by atoms with E-state index in [0.717, 1.165) is 0 Å². The molecule has 39 heavy (non-hydrogen) atoms. The van der Waals surface area contributed by atoms with Crippen LogP contribution in [0, 0.1) is 0 Å². The zero-order valence-corrected chi connectivity index (χ0v) is 22.0. The molecule has 5 rings (SSSR count). The topological polar surface area (TPSA) is 90.6 Å². The summed E-state index contributed by atoms with van der Waals surface area (Å²) in [5.74, 6) is 0.202. The molecule has 0 N–H and O–H groups in total. The Kier molecular flexibility index (Phi) is 7.11. The molecule has 192 valence electrons. The van der Waals surface area contributed by atoms with E-state index in [1.165, 1.54) is 17.6 Å². The van der Waals surface area contributed by atoms with Gasteiger partial charge in [0.1, 0.15) is 11.2 Å². The number of aldehydes is 2. The summed E-state index contributed by atoms with van der Waals surface area (Å²) in [6.07, 6.45) is 4.08. The molecule has 0 unspecified atom stereocenters. The summed E-state index contributed by atoms with van der Waals surface area (Å²) in [6.45, 7) is 3.65. The highest BCUT2D eigenvalue weighted by molar-refractivity contribution is 6.39. The van der Waals surface area contributed by atoms with E-state index in [4.69, 9.17) is 27.9 Å². The minimum Gasteiger partial charge on any atom is -0.480 e. The van der Waals surface area contributed by atoms with Crippen LogP contribution >= 0.6 is 23.2 Å². The van der Waals surface area contributed by atoms with Crippen LogP contribution in [0.2, 0.25) is 10.0 Å². The molecule has 0 aliphatic carbocycles. The number of ether oxygens (including phenoxy) is 1. The number of benzene rings is 2. The largest absolute Gasteiger partial charge is 0.480 e. The molecule has 5 aromatic rings. The minimum atomic E-state index is -0.480. The number of hydrogen-bond acceptors (Lipinski definition) is 6. The van der Waals surface area contributed by atoms with Crippen LogP contribution in [0.5, 0.6) is 5.88 Å². The zero-order valence-electron chi connectivity index (χ0n) is 20.5. The van der Waals surface area contributed by atoms with Crippen LogP contribution in [-0.4, -0.2) is 34.1 Å². The van der Waals surface area contributed by atoms with Crippen LogP contribution in [0.25, 0.3) is 45.2 Å². The van der Waals surface area contributed by atoms with Crippen molar-refractivity contribution in [2.24, 2.45) is 0 Å². The molecule has 9 heteroatoms. The normalized spacial score (nSPS) is 10.8. The minimum absolute atomic E-state index is 0.0577. The van der Waals surface area contributed by atoms with Crippen molar-refractivity contribution in [1.29, 1.82) is 0 Å². The molecule has 0 saturated heterocycles. The molecule has 0 bridgehead atoms. The van der Waals surface area contributed by atoms with Gasteiger partial charge in [-0.1, -0.05) is 66.2 Å². The maximum absolute atomic E-state index is 12.7. The van der Waals surface area contributed by atoms with Gasteiger partial charge in [-0.3, -0.25) is 18.8 Å². The second kappa shape index (κ2) is 10.6. The van der Waals surface area contributed by atoms with E-state index in [1.54, 1.807) is 30.5 Å². The van der Waals surface area contributed by atoms with E-state index in [2.05, 4.69) is 16.5 Å². The second-order valence-corrected chi connectivity index (χ2v) is 9.18. The van der Waals surface area contributed by atoms with Crippen molar-refractivity contribution >= 4 is 47.5 Å². The first-order chi connectivity index (χ1) is 18.9. The molecule has 0 amide bonds. The van der Waals surface area contributed by atoms with Crippen molar-refractivity contribution in [3.8, 4) is 39.4 Å². The third-order valence-electron chi connectivity index (χ3n) is 6.29. The number of methoxy groups -OCH3 is 1. The molecule has 7 nitrogen and oxygen atoms in total. The lowest BCUT2D eigenvalue weighted by atomic mass is 9.97. The fraction of sp³-hybridized carbons (Fsp3) is 0.0333. The molecular formula is C30H19Cl2N3O4. The Morgan fingerprint density at radius 3 is 2.18 bits per heavy atom. The average molecular weight is 556 g/mol. The summed E-state index contributed by atoms with van der Waals surface area (Å²) < 4.78 is 6.55. The van der Waals surface area contributed by atoms with E-state index >= 15 is 0 Å². The third-order valence-corrected chi connectivity index (χ3v) is 7.10. The molecule has 0 fully saturated rings. The molecule has 0 atom stereocenters. The zero-order chi connectivity index (χ0) is 27.7. The average Bonchev–Trinajstić information content (AvgIpc) is 2.96. The Morgan fingerprint density at radius 2 is 1.54 bits per heavy atom. The van der Waals surface area contributed by atoms with Crippen molar-refractivity contribution in [2.75, 3.05) is 7.11 Å². The summed E-state index contributed by atoms with van der Waals surface area (Å²) >= 11 is 13.8. The summed E-state index contributed by atoms with van der Waals surface area (Å²) in [4.78, 5) is 44.3. The molecule has 2 aromatic carbocycles. The quantitative estimate of drug-likeness (QED) is 0.208. The number of fused-ring (bicyclic) bond motifs is 1. The van der Waals surface area contributed by atoms with E-state index in [-0.39, 0.29) is 17.1 Å². The van der Waals surface area contributed by atoms with Gasteiger partial charge in [0.25, 0.3) is 5.56 Å². The lowest BCUT2D eigenvalue weighted by molar-refractivity contribution is 0.111. The first-order valence-corrected chi connectivity index (χ1v) is 12.4. The molecule has 0 aliphatic rings. The highest BCUT2D eigenvalue weighted by atomic mass is 35.5. The Labute approximate surface area is 233 Å². The number of carbonyl (C=O) groups is 2. The van der Waals surface area contributed by atoms with Crippen LogP contribution in [0.15, 0.2) is 78.2 Å². The van der Waals surface area contributed by atoms with Gasteiger partial charge in [0, 0.05) is 28.5 Å². The lowest BCUT2D eigenvalue weighted by Gasteiger charge is -2.15. The Balaban J connectivity index is 1.63. The smallest absolute Gasteiger partial charge is 0.269 e. The summed E-state index contributed by atoms with van der Waals surface area (Å²) in [6, 6.07) is 17.9. The van der Waals surface area contributed by atoms with Gasteiger partial charge < -0.3 is 4.74 Å². The van der Waals surface area contributed by atoms with E-state index < -0.39 is 5.56 Å². The van der Waals surface area contributed by atoms with E-state index in [0.29, 0.717) is 67.3 Å². The van der Waals surface area contributed by atoms with Crippen LogP contribution in [0.4, 0.5) is 0 Å². The van der Waals surface area contributed by atoms with Crippen LogP contribution in [0.3, 0.4) is 0 Å². The van der Waals surface area contributed by atoms with E-state index in [1.807, 2.05) is 36.4 Å². The number of nitrogens with zero attached hydrogens (tertiary/aromatic N) is 3. The molecule has 0 radical (unpaired) electrons. The fourth-order valence-corrected chi connectivity index (χ4v) is 5.02. The van der Waals surface area contributed by atoms with Crippen molar-refractivity contribution in [3.63, 3.8) is 0 Å². The predicted octanol–water partition coefficient (Wildman–Crippen LogP) is 6.67. The molecule has 3 heterocycles. The number of aromatic nitrogens is 3. The summed E-state index contributed by atoms with van der Waals surface area (Å²) in [5, 5.41) is 0.868. The van der Waals surface area contributed by atoms with Crippen LogP contribution < -0.4 is 10.3 Å². The Bertz CT molecular complexity index is 1860. The van der Waals surface area contributed by atoms with Gasteiger partial charge in [0.15, 0.2) is 12.6 Å². The van der Waals surface area contributed by atoms with Gasteiger partial charge in [-0.25, -0.2) is 9.97 Å². The van der Waals surface area contributed by atoms with Gasteiger partial charge in [-0.15, -0.1) is 0 Å². The first-order valence-electron chi connectivity index (χ1n) is 11.6. The number of carbonyl (C=O) groups excluding carboxylic acids is 2. The predicted molar refractivity (Wildman–Crippen MR) is 153 cm³/mol. The fourth-order valence-electron chi connectivity index (χ4n) is 4.36. The van der Waals surface area contributed by atoms with Crippen molar-refractivity contribution in [2.45, 2.75) is 0 Å². The monoisotopic (exact) mass is 555 g/mol. The Hall–Kier alpha value is -4.59. The number of pyridine rings is 2. The van der Waals surface area contributed by atoms with Gasteiger partial charge >= 0.3 is 0 Å². The molecular weight excluding hydrogens is 537 g/mol. The maximum atomic E-state index is 12.7. The number of hydrogen-bond donors (Lipinski definition) is 0. The van der Waals surface area contributed by atoms with Crippen LogP contribution in [-0.2, 0) is 0 Å². The summed E-state index contributed by atoms with van der Waals surface area (Å²) in [7, 11) is 1.44. The molecule has 0 spiro atoms. The highest BCUT2D eigenvalue weighted by Crippen LogP contribution is 2.42. The lowest BCUT2D eigenvalue weighted by Crippen LogP contribution is -2.21. The first kappa shape index (κ1) is 26.0. The number of halogens is 2. The van der Waals surface area contributed by atoms with Crippen LogP contribution in [0.1, 0.15) is 26.4 Å². The second-order valence-electron chi connectivity index (χ2n) is 8.43. The van der Waals surface area contributed by atoms with Gasteiger partial charge in [-0.05, 0) is 35.9 Å². The van der Waals surface area contributed by atoms with Gasteiger partial charge in [0.2, 0.25) is 5.88 Å². The molecule has 0 aliphatic heterocycles.